The minimum absolute atomic E-state index is 0.147. The Bertz CT molecular complexity index is 731. The van der Waals surface area contributed by atoms with Gasteiger partial charge < -0.3 is 5.11 Å². The number of nitrogens with zero attached hydrogens (tertiary/aromatic N) is 2. The maximum atomic E-state index is 12.5. The number of aromatic hydroxyl groups is 1. The van der Waals surface area contributed by atoms with E-state index in [9.17, 15) is 9.90 Å². The first-order valence-corrected chi connectivity index (χ1v) is 6.61. The first kappa shape index (κ1) is 13.1. The molecule has 0 bridgehead atoms. The lowest BCUT2D eigenvalue weighted by molar-refractivity contribution is -0.114. The average Bonchev–Trinajstić information content (AvgIpc) is 2.78. The Morgan fingerprint density at radius 3 is 2.38 bits per heavy atom. The van der Waals surface area contributed by atoms with Gasteiger partial charge in [0, 0.05) is 0 Å². The third-order valence-corrected chi connectivity index (χ3v) is 3.27. The van der Waals surface area contributed by atoms with Crippen molar-refractivity contribution in [3.63, 3.8) is 0 Å². The number of hydrogen-bond acceptors (Lipinski definition) is 3. The van der Waals surface area contributed by atoms with Gasteiger partial charge in [-0.15, -0.1) is 0 Å². The average molecular weight is 278 g/mol. The van der Waals surface area contributed by atoms with E-state index in [-0.39, 0.29) is 11.7 Å². The molecule has 1 aliphatic rings. The lowest BCUT2D eigenvalue weighted by atomic mass is 10.1. The first-order chi connectivity index (χ1) is 10.1. The molecular formula is C17H14N2O2. The van der Waals surface area contributed by atoms with Crippen LogP contribution in [0.25, 0.3) is 6.08 Å². The molecule has 1 aliphatic heterocycles. The Morgan fingerprint density at radius 2 is 1.71 bits per heavy atom. The molecule has 3 rings (SSSR count). The summed E-state index contributed by atoms with van der Waals surface area (Å²) in [6.45, 7) is 1.81. The predicted molar refractivity (Wildman–Crippen MR) is 83.1 cm³/mol. The van der Waals surface area contributed by atoms with Crippen LogP contribution in [0.4, 0.5) is 5.69 Å². The minimum atomic E-state index is -0.147. The van der Waals surface area contributed by atoms with Crippen LogP contribution in [0.3, 0.4) is 0 Å². The summed E-state index contributed by atoms with van der Waals surface area (Å²) in [7, 11) is 0. The van der Waals surface area contributed by atoms with E-state index in [0.717, 1.165) is 11.3 Å². The Morgan fingerprint density at radius 1 is 1.05 bits per heavy atom. The summed E-state index contributed by atoms with van der Waals surface area (Å²) in [6.07, 6.45) is 1.78. The van der Waals surface area contributed by atoms with E-state index >= 15 is 0 Å². The molecule has 4 heteroatoms. The lowest BCUT2D eigenvalue weighted by Crippen LogP contribution is -2.21. The SMILES string of the molecule is CC1=NN(c2ccccc2)C(=O)/C1=C/c1ccc(O)cc1. The summed E-state index contributed by atoms with van der Waals surface area (Å²) in [6, 6.07) is 16.0. The van der Waals surface area contributed by atoms with Crippen molar-refractivity contribution >= 4 is 23.4 Å². The van der Waals surface area contributed by atoms with Crippen molar-refractivity contribution in [2.75, 3.05) is 5.01 Å². The topological polar surface area (TPSA) is 52.9 Å². The summed E-state index contributed by atoms with van der Waals surface area (Å²) in [5.74, 6) is 0.0537. The van der Waals surface area contributed by atoms with Gasteiger partial charge in [-0.05, 0) is 42.8 Å². The van der Waals surface area contributed by atoms with Gasteiger partial charge in [0.05, 0.1) is 17.0 Å². The number of hydrogen-bond donors (Lipinski definition) is 1. The van der Waals surface area contributed by atoms with Gasteiger partial charge in [0.25, 0.3) is 5.91 Å². The maximum absolute atomic E-state index is 12.5. The number of para-hydroxylation sites is 1. The van der Waals surface area contributed by atoms with Crippen molar-refractivity contribution in [2.45, 2.75) is 6.92 Å². The van der Waals surface area contributed by atoms with Crippen molar-refractivity contribution in [1.82, 2.24) is 0 Å². The van der Waals surface area contributed by atoms with Gasteiger partial charge in [-0.2, -0.15) is 10.1 Å². The van der Waals surface area contributed by atoms with Gasteiger partial charge in [-0.1, -0.05) is 30.3 Å². The molecule has 0 atom stereocenters. The van der Waals surface area contributed by atoms with Crippen LogP contribution in [0, 0.1) is 0 Å². The van der Waals surface area contributed by atoms with E-state index in [2.05, 4.69) is 5.10 Å². The zero-order valence-electron chi connectivity index (χ0n) is 11.5. The van der Waals surface area contributed by atoms with Crippen molar-refractivity contribution < 1.29 is 9.90 Å². The Hall–Kier alpha value is -2.88. The summed E-state index contributed by atoms with van der Waals surface area (Å²) < 4.78 is 0. The normalized spacial score (nSPS) is 16.4. The smallest absolute Gasteiger partial charge is 0.280 e. The molecular weight excluding hydrogens is 264 g/mol. The number of hydrazone groups is 1. The number of carbonyl (C=O) groups is 1. The lowest BCUT2D eigenvalue weighted by Gasteiger charge is -2.10. The van der Waals surface area contributed by atoms with Crippen LogP contribution in [0.15, 0.2) is 65.3 Å². The van der Waals surface area contributed by atoms with Crippen molar-refractivity contribution in [1.29, 1.82) is 0 Å². The summed E-state index contributed by atoms with van der Waals surface area (Å²) >= 11 is 0. The van der Waals surface area contributed by atoms with E-state index < -0.39 is 0 Å². The highest BCUT2D eigenvalue weighted by atomic mass is 16.3. The highest BCUT2D eigenvalue weighted by molar-refractivity contribution is 6.32. The largest absolute Gasteiger partial charge is 0.508 e. The van der Waals surface area contributed by atoms with Crippen LogP contribution < -0.4 is 5.01 Å². The number of benzene rings is 2. The van der Waals surface area contributed by atoms with Gasteiger partial charge in [-0.3, -0.25) is 4.79 Å². The van der Waals surface area contributed by atoms with E-state index in [4.69, 9.17) is 0 Å². The minimum Gasteiger partial charge on any atom is -0.508 e. The summed E-state index contributed by atoms with van der Waals surface area (Å²) in [5.41, 5.74) is 2.83. The molecule has 0 fully saturated rings. The van der Waals surface area contributed by atoms with Gasteiger partial charge in [-0.25, -0.2) is 0 Å². The molecule has 0 saturated carbocycles. The van der Waals surface area contributed by atoms with Crippen molar-refractivity contribution in [3.8, 4) is 5.75 Å². The molecule has 0 saturated heterocycles. The number of phenols is 1. The molecule has 0 aliphatic carbocycles. The van der Waals surface area contributed by atoms with Gasteiger partial charge in [0.2, 0.25) is 0 Å². The Labute approximate surface area is 122 Å². The van der Waals surface area contributed by atoms with Crippen molar-refractivity contribution in [3.05, 3.63) is 65.7 Å². The second-order valence-corrected chi connectivity index (χ2v) is 4.79. The monoisotopic (exact) mass is 278 g/mol. The standard InChI is InChI=1S/C17H14N2O2/c1-12-16(11-13-7-9-15(20)10-8-13)17(21)19(18-12)14-5-3-2-4-6-14/h2-11,20H,1H3/b16-11+. The number of phenolic OH excluding ortho intramolecular Hbond substituents is 1. The zero-order chi connectivity index (χ0) is 14.8. The predicted octanol–water partition coefficient (Wildman–Crippen LogP) is 3.20. The molecule has 1 amide bonds. The van der Waals surface area contributed by atoms with E-state index in [0.29, 0.717) is 11.3 Å². The zero-order valence-corrected chi connectivity index (χ0v) is 11.5. The molecule has 2 aromatic rings. The summed E-state index contributed by atoms with van der Waals surface area (Å²) in [4.78, 5) is 12.5. The molecule has 0 unspecified atom stereocenters. The summed E-state index contributed by atoms with van der Waals surface area (Å²) in [5, 5.41) is 15.0. The number of carbonyl (C=O) groups excluding carboxylic acids is 1. The molecule has 1 N–H and O–H groups in total. The highest BCUT2D eigenvalue weighted by Crippen LogP contribution is 2.24. The number of rotatable bonds is 2. The van der Waals surface area contributed by atoms with Crippen LogP contribution in [0.2, 0.25) is 0 Å². The van der Waals surface area contributed by atoms with Crippen LogP contribution in [-0.4, -0.2) is 16.7 Å². The van der Waals surface area contributed by atoms with Gasteiger partial charge in [0.15, 0.2) is 0 Å². The van der Waals surface area contributed by atoms with Crippen LogP contribution in [-0.2, 0) is 4.79 Å². The van der Waals surface area contributed by atoms with E-state index in [1.54, 1.807) is 30.3 Å². The quantitative estimate of drug-likeness (QED) is 0.858. The van der Waals surface area contributed by atoms with Gasteiger partial charge >= 0.3 is 0 Å². The Kier molecular flexibility index (Phi) is 3.28. The molecule has 2 aromatic carbocycles. The van der Waals surface area contributed by atoms with Gasteiger partial charge in [0.1, 0.15) is 5.75 Å². The molecule has 4 nitrogen and oxygen atoms in total. The number of anilines is 1. The molecule has 104 valence electrons. The van der Waals surface area contributed by atoms with Crippen molar-refractivity contribution in [2.24, 2.45) is 5.10 Å². The molecule has 21 heavy (non-hydrogen) atoms. The second kappa shape index (κ2) is 5.25. The molecule has 0 radical (unpaired) electrons. The fourth-order valence-corrected chi connectivity index (χ4v) is 2.17. The third-order valence-electron chi connectivity index (χ3n) is 3.27. The van der Waals surface area contributed by atoms with Crippen LogP contribution in [0.1, 0.15) is 12.5 Å². The fraction of sp³-hybridized carbons (Fsp3) is 0.0588. The Balaban J connectivity index is 1.94. The molecule has 1 heterocycles. The molecule has 0 spiro atoms. The third kappa shape index (κ3) is 2.56. The molecule has 0 aromatic heterocycles. The van der Waals surface area contributed by atoms with E-state index in [1.807, 2.05) is 37.3 Å². The van der Waals surface area contributed by atoms with Crippen LogP contribution >= 0.6 is 0 Å². The van der Waals surface area contributed by atoms with E-state index in [1.165, 1.54) is 5.01 Å². The second-order valence-electron chi connectivity index (χ2n) is 4.79. The highest BCUT2D eigenvalue weighted by Gasteiger charge is 2.28. The maximum Gasteiger partial charge on any atom is 0.280 e. The number of amides is 1. The fourth-order valence-electron chi connectivity index (χ4n) is 2.17. The van der Waals surface area contributed by atoms with Crippen LogP contribution in [0.5, 0.6) is 5.75 Å². The first-order valence-electron chi connectivity index (χ1n) is 6.61.